The number of nitrogens with one attached hydrogen (secondary N) is 1. The Morgan fingerprint density at radius 3 is 2.53 bits per heavy atom. The van der Waals surface area contributed by atoms with Crippen molar-refractivity contribution in [1.29, 1.82) is 0 Å². The van der Waals surface area contributed by atoms with E-state index in [9.17, 15) is 4.79 Å². The molecule has 0 unspecified atom stereocenters. The minimum atomic E-state index is -0.198. The molecular formula is C12H22N4O. The highest BCUT2D eigenvalue weighted by Gasteiger charge is 2.18. The lowest BCUT2D eigenvalue weighted by Crippen LogP contribution is -2.28. The molecule has 1 rings (SSSR count). The zero-order chi connectivity index (χ0) is 13.2. The van der Waals surface area contributed by atoms with Gasteiger partial charge in [-0.2, -0.15) is 0 Å². The molecule has 17 heavy (non-hydrogen) atoms. The fraction of sp³-hybridized carbons (Fsp3) is 0.667. The summed E-state index contributed by atoms with van der Waals surface area (Å²) >= 11 is 0. The van der Waals surface area contributed by atoms with Gasteiger partial charge in [0.05, 0.1) is 5.69 Å². The number of aromatic amines is 1. The first kappa shape index (κ1) is 13.5. The number of imidazole rings is 1. The monoisotopic (exact) mass is 238 g/mol. The highest BCUT2D eigenvalue weighted by atomic mass is 16.1. The van der Waals surface area contributed by atoms with Crippen LogP contribution in [0.3, 0.4) is 0 Å². The van der Waals surface area contributed by atoms with Gasteiger partial charge in [0.2, 0.25) is 0 Å². The first-order chi connectivity index (χ1) is 7.77. The van der Waals surface area contributed by atoms with Crippen LogP contribution in [0.25, 0.3) is 0 Å². The molecule has 0 fully saturated rings. The van der Waals surface area contributed by atoms with Gasteiger partial charge in [0.15, 0.2) is 5.82 Å². The largest absolute Gasteiger partial charge is 0.387 e. The molecule has 0 saturated heterocycles. The van der Waals surface area contributed by atoms with Crippen LogP contribution in [0.5, 0.6) is 0 Å². The number of amidine groups is 1. The van der Waals surface area contributed by atoms with E-state index in [2.05, 4.69) is 16.9 Å². The quantitative estimate of drug-likeness (QED) is 0.621. The predicted molar refractivity (Wildman–Crippen MR) is 70.8 cm³/mol. The Bertz CT molecular complexity index is 474. The summed E-state index contributed by atoms with van der Waals surface area (Å²) in [6.45, 7) is 8.05. The average molecular weight is 238 g/mol. The van der Waals surface area contributed by atoms with Gasteiger partial charge in [0.1, 0.15) is 5.84 Å². The number of hydrogen-bond donors (Lipinski definition) is 2. The van der Waals surface area contributed by atoms with E-state index in [1.165, 1.54) is 4.57 Å². The second-order valence-corrected chi connectivity index (χ2v) is 5.29. The Morgan fingerprint density at radius 1 is 1.47 bits per heavy atom. The van der Waals surface area contributed by atoms with Crippen LogP contribution >= 0.6 is 0 Å². The standard InChI is InChI=1S/C12H22N4O/c1-6-7-8-9(16(5)11(17)14-8)15-10(13)12(2,3)4/h6-7H2,1-5H3,(H2,13,15)(H,14,17). The van der Waals surface area contributed by atoms with Crippen LogP contribution in [-0.4, -0.2) is 15.4 Å². The summed E-state index contributed by atoms with van der Waals surface area (Å²) in [5, 5.41) is 0. The lowest BCUT2D eigenvalue weighted by atomic mass is 9.95. The SMILES string of the molecule is CCCc1[nH]c(=O)n(C)c1N=C(N)C(C)(C)C. The Hall–Kier alpha value is -1.52. The molecule has 0 saturated carbocycles. The number of hydrogen-bond acceptors (Lipinski definition) is 2. The minimum absolute atomic E-state index is 0.145. The second-order valence-electron chi connectivity index (χ2n) is 5.29. The normalized spacial score (nSPS) is 13.1. The topological polar surface area (TPSA) is 76.2 Å². The Morgan fingerprint density at radius 2 is 2.06 bits per heavy atom. The zero-order valence-electron chi connectivity index (χ0n) is 11.3. The molecule has 0 aliphatic heterocycles. The van der Waals surface area contributed by atoms with Gasteiger partial charge in [-0.3, -0.25) is 4.57 Å². The molecule has 3 N–H and O–H groups in total. The average Bonchev–Trinajstić information content (AvgIpc) is 2.45. The van der Waals surface area contributed by atoms with E-state index in [1.807, 2.05) is 20.8 Å². The van der Waals surface area contributed by atoms with Crippen molar-refractivity contribution < 1.29 is 0 Å². The second kappa shape index (κ2) is 4.77. The molecule has 0 bridgehead atoms. The van der Waals surface area contributed by atoms with Gasteiger partial charge in [-0.1, -0.05) is 34.1 Å². The Labute approximate surface area is 102 Å². The third kappa shape index (κ3) is 2.99. The van der Waals surface area contributed by atoms with Gasteiger partial charge in [0.25, 0.3) is 0 Å². The molecule has 1 aromatic heterocycles. The first-order valence-corrected chi connectivity index (χ1v) is 5.90. The summed E-state index contributed by atoms with van der Waals surface area (Å²) in [6.07, 6.45) is 1.75. The van der Waals surface area contributed by atoms with Gasteiger partial charge >= 0.3 is 5.69 Å². The lowest BCUT2D eigenvalue weighted by Gasteiger charge is -2.17. The van der Waals surface area contributed by atoms with E-state index in [0.717, 1.165) is 18.5 Å². The summed E-state index contributed by atoms with van der Waals surface area (Å²) in [6, 6.07) is 0. The van der Waals surface area contributed by atoms with E-state index >= 15 is 0 Å². The van der Waals surface area contributed by atoms with Crippen LogP contribution in [-0.2, 0) is 13.5 Å². The molecule has 1 heterocycles. The third-order valence-corrected chi connectivity index (χ3v) is 2.64. The van der Waals surface area contributed by atoms with Crippen molar-refractivity contribution in [2.45, 2.75) is 40.5 Å². The number of H-pyrrole nitrogens is 1. The van der Waals surface area contributed by atoms with E-state index in [1.54, 1.807) is 7.05 Å². The first-order valence-electron chi connectivity index (χ1n) is 5.90. The van der Waals surface area contributed by atoms with Crippen LogP contribution in [0.15, 0.2) is 9.79 Å². The maximum absolute atomic E-state index is 11.6. The fourth-order valence-corrected chi connectivity index (χ4v) is 1.42. The summed E-state index contributed by atoms with van der Waals surface area (Å²) in [7, 11) is 1.70. The fourth-order valence-electron chi connectivity index (χ4n) is 1.42. The molecular weight excluding hydrogens is 216 g/mol. The number of aryl methyl sites for hydroxylation is 1. The highest BCUT2D eigenvalue weighted by Crippen LogP contribution is 2.20. The summed E-state index contributed by atoms with van der Waals surface area (Å²) in [5.41, 5.74) is 6.46. The maximum atomic E-state index is 11.6. The Kier molecular flexibility index (Phi) is 3.80. The molecule has 0 atom stereocenters. The molecule has 0 radical (unpaired) electrons. The summed E-state index contributed by atoms with van der Waals surface area (Å²) < 4.78 is 1.50. The molecule has 5 nitrogen and oxygen atoms in total. The van der Waals surface area contributed by atoms with E-state index in [0.29, 0.717) is 11.7 Å². The van der Waals surface area contributed by atoms with Crippen molar-refractivity contribution in [3.8, 4) is 0 Å². The molecule has 0 aliphatic rings. The van der Waals surface area contributed by atoms with E-state index in [4.69, 9.17) is 5.73 Å². The van der Waals surface area contributed by atoms with Gasteiger partial charge in [-0.25, -0.2) is 9.79 Å². The van der Waals surface area contributed by atoms with Crippen LogP contribution in [0.1, 0.15) is 39.8 Å². The van der Waals surface area contributed by atoms with Crippen LogP contribution in [0, 0.1) is 5.41 Å². The smallest absolute Gasteiger partial charge is 0.327 e. The summed E-state index contributed by atoms with van der Waals surface area (Å²) in [4.78, 5) is 18.8. The zero-order valence-corrected chi connectivity index (χ0v) is 11.3. The van der Waals surface area contributed by atoms with Crippen LogP contribution in [0.4, 0.5) is 5.82 Å². The van der Waals surface area contributed by atoms with Gasteiger partial charge in [-0.05, 0) is 6.42 Å². The third-order valence-electron chi connectivity index (χ3n) is 2.64. The van der Waals surface area contributed by atoms with Gasteiger partial charge in [-0.15, -0.1) is 0 Å². The van der Waals surface area contributed by atoms with Crippen molar-refractivity contribution in [2.24, 2.45) is 23.2 Å². The lowest BCUT2D eigenvalue weighted by molar-refractivity contribution is 0.584. The van der Waals surface area contributed by atoms with Crippen molar-refractivity contribution in [3.05, 3.63) is 16.2 Å². The number of nitrogens with two attached hydrogens (primary N) is 1. The van der Waals surface area contributed by atoms with Crippen LogP contribution in [0.2, 0.25) is 0 Å². The number of rotatable bonds is 3. The van der Waals surface area contributed by atoms with E-state index < -0.39 is 0 Å². The Balaban J connectivity index is 3.26. The van der Waals surface area contributed by atoms with Crippen molar-refractivity contribution in [2.75, 3.05) is 0 Å². The van der Waals surface area contributed by atoms with Crippen molar-refractivity contribution in [1.82, 2.24) is 9.55 Å². The molecule has 0 spiro atoms. The number of aromatic nitrogens is 2. The van der Waals surface area contributed by atoms with E-state index in [-0.39, 0.29) is 11.1 Å². The molecule has 0 aromatic carbocycles. The highest BCUT2D eigenvalue weighted by molar-refractivity contribution is 5.87. The molecule has 0 aliphatic carbocycles. The number of nitrogens with zero attached hydrogens (tertiary/aromatic N) is 2. The summed E-state index contributed by atoms with van der Waals surface area (Å²) in [5.74, 6) is 1.17. The number of aliphatic imine (C=N–C) groups is 1. The molecule has 5 heteroatoms. The molecule has 96 valence electrons. The molecule has 0 amide bonds. The maximum Gasteiger partial charge on any atom is 0.327 e. The molecule has 1 aromatic rings. The van der Waals surface area contributed by atoms with Crippen molar-refractivity contribution >= 4 is 11.7 Å². The van der Waals surface area contributed by atoms with Crippen molar-refractivity contribution in [3.63, 3.8) is 0 Å². The predicted octanol–water partition coefficient (Wildman–Crippen LogP) is 1.70. The minimum Gasteiger partial charge on any atom is -0.387 e. The van der Waals surface area contributed by atoms with Gasteiger partial charge < -0.3 is 10.7 Å². The van der Waals surface area contributed by atoms with Crippen LogP contribution < -0.4 is 11.4 Å². The van der Waals surface area contributed by atoms with Gasteiger partial charge in [0, 0.05) is 12.5 Å².